The first-order valence-corrected chi connectivity index (χ1v) is 7.50. The van der Waals surface area contributed by atoms with E-state index in [9.17, 15) is 14.9 Å². The summed E-state index contributed by atoms with van der Waals surface area (Å²) in [5, 5.41) is 16.2. The molecular formula is C16H15N3O4S. The lowest BCUT2D eigenvalue weighted by Gasteiger charge is -2.13. The number of thiocarbonyl (C=S) groups is 1. The number of benzene rings is 2. The third kappa shape index (κ3) is 4.50. The third-order valence-corrected chi connectivity index (χ3v) is 3.19. The Hall–Kier alpha value is -3.00. The van der Waals surface area contributed by atoms with Gasteiger partial charge in [-0.1, -0.05) is 18.2 Å². The van der Waals surface area contributed by atoms with Gasteiger partial charge in [-0.15, -0.1) is 0 Å². The van der Waals surface area contributed by atoms with Crippen molar-refractivity contribution in [2.45, 2.75) is 6.92 Å². The van der Waals surface area contributed by atoms with Crippen molar-refractivity contribution in [3.8, 4) is 5.75 Å². The molecule has 7 nitrogen and oxygen atoms in total. The van der Waals surface area contributed by atoms with Gasteiger partial charge < -0.3 is 10.1 Å². The van der Waals surface area contributed by atoms with Crippen LogP contribution in [0.15, 0.2) is 48.5 Å². The van der Waals surface area contributed by atoms with Gasteiger partial charge in [0.2, 0.25) is 0 Å². The lowest BCUT2D eigenvalue weighted by Crippen LogP contribution is -2.34. The highest BCUT2D eigenvalue weighted by molar-refractivity contribution is 7.80. The van der Waals surface area contributed by atoms with Gasteiger partial charge in [-0.05, 0) is 37.3 Å². The molecule has 0 atom stereocenters. The Labute approximate surface area is 143 Å². The van der Waals surface area contributed by atoms with Crippen LogP contribution in [0.3, 0.4) is 0 Å². The fourth-order valence-electron chi connectivity index (χ4n) is 1.94. The molecule has 0 aromatic heterocycles. The fraction of sp³-hybridized carbons (Fsp3) is 0.125. The number of nitro benzene ring substituents is 1. The van der Waals surface area contributed by atoms with Crippen LogP contribution in [0.1, 0.15) is 17.3 Å². The molecule has 2 rings (SSSR count). The summed E-state index contributed by atoms with van der Waals surface area (Å²) in [6, 6.07) is 12.6. The SMILES string of the molecule is CCOc1ccccc1NC(=S)NC(=O)c1cccc([N+](=O)[O-])c1. The minimum absolute atomic E-state index is 0.0682. The molecule has 0 bridgehead atoms. The number of hydrogen-bond acceptors (Lipinski definition) is 5. The molecule has 0 saturated heterocycles. The van der Waals surface area contributed by atoms with Crippen molar-refractivity contribution in [3.63, 3.8) is 0 Å². The van der Waals surface area contributed by atoms with Gasteiger partial charge in [0.15, 0.2) is 5.11 Å². The van der Waals surface area contributed by atoms with Crippen LogP contribution in [0.5, 0.6) is 5.75 Å². The van der Waals surface area contributed by atoms with Gasteiger partial charge in [-0.25, -0.2) is 0 Å². The summed E-state index contributed by atoms with van der Waals surface area (Å²) in [6.45, 7) is 2.35. The number of para-hydroxylation sites is 2. The van der Waals surface area contributed by atoms with E-state index in [1.807, 2.05) is 13.0 Å². The molecule has 2 N–H and O–H groups in total. The number of carbonyl (C=O) groups is 1. The van der Waals surface area contributed by atoms with Crippen molar-refractivity contribution in [1.29, 1.82) is 0 Å². The quantitative estimate of drug-likeness (QED) is 0.491. The first-order chi connectivity index (χ1) is 11.5. The molecule has 0 unspecified atom stereocenters. The van der Waals surface area contributed by atoms with E-state index in [-0.39, 0.29) is 16.4 Å². The molecule has 2 aromatic carbocycles. The summed E-state index contributed by atoms with van der Waals surface area (Å²) in [4.78, 5) is 22.3. The van der Waals surface area contributed by atoms with Crippen LogP contribution >= 0.6 is 12.2 Å². The van der Waals surface area contributed by atoms with Gasteiger partial charge in [0, 0.05) is 17.7 Å². The zero-order valence-electron chi connectivity index (χ0n) is 12.8. The van der Waals surface area contributed by atoms with Gasteiger partial charge in [0.05, 0.1) is 17.2 Å². The van der Waals surface area contributed by atoms with Gasteiger partial charge in [0.25, 0.3) is 11.6 Å². The predicted molar refractivity (Wildman–Crippen MR) is 94.4 cm³/mol. The number of nitro groups is 1. The van der Waals surface area contributed by atoms with E-state index < -0.39 is 10.8 Å². The molecule has 0 saturated carbocycles. The zero-order valence-corrected chi connectivity index (χ0v) is 13.6. The molecular weight excluding hydrogens is 330 g/mol. The minimum Gasteiger partial charge on any atom is -0.492 e. The second-order valence-corrected chi connectivity index (χ2v) is 5.05. The highest BCUT2D eigenvalue weighted by atomic mass is 32.1. The largest absolute Gasteiger partial charge is 0.492 e. The number of amides is 1. The molecule has 1 amide bonds. The highest BCUT2D eigenvalue weighted by Gasteiger charge is 2.13. The molecule has 0 fully saturated rings. The number of non-ortho nitro benzene ring substituents is 1. The lowest BCUT2D eigenvalue weighted by atomic mass is 10.2. The van der Waals surface area contributed by atoms with Crippen molar-refractivity contribution < 1.29 is 14.5 Å². The maximum atomic E-state index is 12.1. The molecule has 0 heterocycles. The standard InChI is InChI=1S/C16H15N3O4S/c1-2-23-14-9-4-3-8-13(14)17-16(24)18-15(20)11-6-5-7-12(10-11)19(21)22/h3-10H,2H2,1H3,(H2,17,18,20,24). The third-order valence-electron chi connectivity index (χ3n) is 2.98. The number of anilines is 1. The Balaban J connectivity index is 2.06. The number of carbonyl (C=O) groups excluding carboxylic acids is 1. The average molecular weight is 345 g/mol. The van der Waals surface area contributed by atoms with Crippen LogP contribution < -0.4 is 15.4 Å². The van der Waals surface area contributed by atoms with E-state index in [0.29, 0.717) is 18.0 Å². The second-order valence-electron chi connectivity index (χ2n) is 4.64. The molecule has 124 valence electrons. The van der Waals surface area contributed by atoms with Crippen molar-refractivity contribution in [1.82, 2.24) is 5.32 Å². The topological polar surface area (TPSA) is 93.5 Å². The van der Waals surface area contributed by atoms with Gasteiger partial charge in [-0.3, -0.25) is 20.2 Å². The van der Waals surface area contributed by atoms with Crippen molar-refractivity contribution >= 4 is 34.6 Å². The summed E-state index contributed by atoms with van der Waals surface area (Å²) in [5.74, 6) is 0.0667. The van der Waals surface area contributed by atoms with Crippen molar-refractivity contribution in [2.75, 3.05) is 11.9 Å². The Morgan fingerprint density at radius 1 is 1.25 bits per heavy atom. The van der Waals surface area contributed by atoms with E-state index >= 15 is 0 Å². The number of ether oxygens (including phenoxy) is 1. The maximum Gasteiger partial charge on any atom is 0.270 e. The molecule has 2 aromatic rings. The van der Waals surface area contributed by atoms with E-state index in [0.717, 1.165) is 0 Å². The Morgan fingerprint density at radius 3 is 2.71 bits per heavy atom. The Morgan fingerprint density at radius 2 is 2.00 bits per heavy atom. The molecule has 24 heavy (non-hydrogen) atoms. The monoisotopic (exact) mass is 345 g/mol. The van der Waals surface area contributed by atoms with Crippen LogP contribution in [0, 0.1) is 10.1 Å². The summed E-state index contributed by atoms with van der Waals surface area (Å²) in [5.41, 5.74) is 0.596. The summed E-state index contributed by atoms with van der Waals surface area (Å²) in [6.07, 6.45) is 0. The van der Waals surface area contributed by atoms with E-state index in [1.54, 1.807) is 18.2 Å². The van der Waals surface area contributed by atoms with Crippen LogP contribution in [-0.4, -0.2) is 22.5 Å². The smallest absolute Gasteiger partial charge is 0.270 e. The number of nitrogens with one attached hydrogen (secondary N) is 2. The van der Waals surface area contributed by atoms with Crippen LogP contribution in [-0.2, 0) is 0 Å². The maximum absolute atomic E-state index is 12.1. The molecule has 8 heteroatoms. The summed E-state index contributed by atoms with van der Waals surface area (Å²) >= 11 is 5.11. The molecule has 0 aliphatic carbocycles. The number of hydrogen-bond donors (Lipinski definition) is 2. The van der Waals surface area contributed by atoms with Gasteiger partial charge in [0.1, 0.15) is 5.75 Å². The van der Waals surface area contributed by atoms with Crippen LogP contribution in [0.25, 0.3) is 0 Å². The minimum atomic E-state index is -0.564. The molecule has 0 radical (unpaired) electrons. The summed E-state index contributed by atoms with van der Waals surface area (Å²) < 4.78 is 5.46. The average Bonchev–Trinajstić information content (AvgIpc) is 2.57. The van der Waals surface area contributed by atoms with E-state index in [2.05, 4.69) is 10.6 Å². The van der Waals surface area contributed by atoms with Crippen molar-refractivity contribution in [2.24, 2.45) is 0 Å². The molecule has 0 aliphatic heterocycles. The van der Waals surface area contributed by atoms with E-state index in [1.165, 1.54) is 24.3 Å². The fourth-order valence-corrected chi connectivity index (χ4v) is 2.14. The van der Waals surface area contributed by atoms with E-state index in [4.69, 9.17) is 17.0 Å². The van der Waals surface area contributed by atoms with Crippen LogP contribution in [0.4, 0.5) is 11.4 Å². The van der Waals surface area contributed by atoms with Crippen molar-refractivity contribution in [3.05, 3.63) is 64.2 Å². The van der Waals surface area contributed by atoms with Gasteiger partial charge in [-0.2, -0.15) is 0 Å². The second kappa shape index (κ2) is 8.02. The lowest BCUT2D eigenvalue weighted by molar-refractivity contribution is -0.384. The van der Waals surface area contributed by atoms with Crippen LogP contribution in [0.2, 0.25) is 0 Å². The normalized spacial score (nSPS) is 9.88. The van der Waals surface area contributed by atoms with Gasteiger partial charge >= 0.3 is 0 Å². The molecule has 0 aliphatic rings. The highest BCUT2D eigenvalue weighted by Crippen LogP contribution is 2.23. The summed E-state index contributed by atoms with van der Waals surface area (Å²) in [7, 11) is 0. The Kier molecular flexibility index (Phi) is 5.80. The first-order valence-electron chi connectivity index (χ1n) is 7.10. The number of nitrogens with zero attached hydrogens (tertiary/aromatic N) is 1. The zero-order chi connectivity index (χ0) is 17.5. The Bertz CT molecular complexity index is 779. The first kappa shape index (κ1) is 17.4. The number of rotatable bonds is 5. The predicted octanol–water partition coefficient (Wildman–Crippen LogP) is 3.12. The molecule has 0 spiro atoms.